The van der Waals surface area contributed by atoms with Gasteiger partial charge in [0.05, 0.1) is 18.2 Å². The van der Waals surface area contributed by atoms with Gasteiger partial charge in [0.15, 0.2) is 5.82 Å². The van der Waals surface area contributed by atoms with Crippen molar-refractivity contribution in [1.29, 1.82) is 0 Å². The Bertz CT molecular complexity index is 1100. The fourth-order valence-electron chi connectivity index (χ4n) is 3.37. The van der Waals surface area contributed by atoms with Gasteiger partial charge in [0.25, 0.3) is 5.91 Å². The molecule has 2 amide bonds. The van der Waals surface area contributed by atoms with Crippen LogP contribution in [0.15, 0.2) is 36.9 Å². The number of pyridine rings is 1. The summed E-state index contributed by atoms with van der Waals surface area (Å²) in [5.41, 5.74) is 1.61. The summed E-state index contributed by atoms with van der Waals surface area (Å²) >= 11 is 0. The molecule has 0 bridgehead atoms. The van der Waals surface area contributed by atoms with Crippen molar-refractivity contribution < 1.29 is 9.59 Å². The second kappa shape index (κ2) is 6.84. The fourth-order valence-corrected chi connectivity index (χ4v) is 3.37. The van der Waals surface area contributed by atoms with E-state index >= 15 is 0 Å². The summed E-state index contributed by atoms with van der Waals surface area (Å²) in [4.78, 5) is 35.9. The van der Waals surface area contributed by atoms with Crippen molar-refractivity contribution in [3.8, 4) is 11.4 Å². The summed E-state index contributed by atoms with van der Waals surface area (Å²) in [6, 6.07) is 5.21. The van der Waals surface area contributed by atoms with E-state index in [2.05, 4.69) is 20.4 Å². The number of amides is 2. The zero-order valence-corrected chi connectivity index (χ0v) is 16.9. The highest BCUT2D eigenvalue weighted by molar-refractivity contribution is 6.07. The lowest BCUT2D eigenvalue weighted by Crippen LogP contribution is -2.32. The van der Waals surface area contributed by atoms with Gasteiger partial charge in [-0.15, -0.1) is 0 Å². The highest BCUT2D eigenvalue weighted by Gasteiger charge is 2.41. The van der Waals surface area contributed by atoms with Crippen LogP contribution >= 0.6 is 0 Å². The zero-order chi connectivity index (χ0) is 20.8. The van der Waals surface area contributed by atoms with Crippen LogP contribution in [0.1, 0.15) is 30.8 Å². The van der Waals surface area contributed by atoms with Crippen molar-refractivity contribution in [1.82, 2.24) is 24.3 Å². The van der Waals surface area contributed by atoms with Gasteiger partial charge in [-0.25, -0.2) is 9.97 Å². The third-order valence-corrected chi connectivity index (χ3v) is 5.05. The van der Waals surface area contributed by atoms with Crippen LogP contribution in [0.25, 0.3) is 11.4 Å². The van der Waals surface area contributed by atoms with E-state index in [1.807, 2.05) is 31.7 Å². The van der Waals surface area contributed by atoms with Crippen LogP contribution in [0.2, 0.25) is 0 Å². The summed E-state index contributed by atoms with van der Waals surface area (Å²) in [7, 11) is 3.63. The Morgan fingerprint density at radius 2 is 1.97 bits per heavy atom. The van der Waals surface area contributed by atoms with Crippen molar-refractivity contribution in [3.63, 3.8) is 0 Å². The number of nitrogens with one attached hydrogen (secondary N) is 1. The average molecular weight is 393 g/mol. The third kappa shape index (κ3) is 3.51. The van der Waals surface area contributed by atoms with Crippen LogP contribution in [0.3, 0.4) is 0 Å². The quantitative estimate of drug-likeness (QED) is 0.733. The van der Waals surface area contributed by atoms with E-state index in [-0.39, 0.29) is 17.5 Å². The molecule has 3 aromatic heterocycles. The Balaban J connectivity index is 1.59. The van der Waals surface area contributed by atoms with Crippen molar-refractivity contribution in [2.24, 2.45) is 19.5 Å². The number of aromatic nitrogens is 5. The molecule has 0 saturated carbocycles. The number of anilines is 2. The maximum Gasteiger partial charge on any atom is 0.274 e. The number of nitrogens with zero attached hydrogens (tertiary/aromatic N) is 6. The first-order valence-corrected chi connectivity index (χ1v) is 9.37. The van der Waals surface area contributed by atoms with Gasteiger partial charge >= 0.3 is 0 Å². The van der Waals surface area contributed by atoms with E-state index < -0.39 is 5.41 Å². The highest BCUT2D eigenvalue weighted by atomic mass is 16.2. The van der Waals surface area contributed by atoms with Gasteiger partial charge in [-0.2, -0.15) is 5.10 Å². The number of carbonyl (C=O) groups excluding carboxylic acids is 2. The number of hydrogen-bond acceptors (Lipinski definition) is 5. The molecule has 0 aromatic carbocycles. The van der Waals surface area contributed by atoms with Crippen LogP contribution in [0, 0.1) is 5.41 Å². The molecule has 150 valence electrons. The summed E-state index contributed by atoms with van der Waals surface area (Å²) < 4.78 is 3.40. The predicted molar refractivity (Wildman–Crippen MR) is 108 cm³/mol. The molecule has 4 rings (SSSR count). The first-order chi connectivity index (χ1) is 13.7. The molecule has 4 heterocycles. The lowest BCUT2D eigenvalue weighted by molar-refractivity contribution is -0.124. The second-order valence-electron chi connectivity index (χ2n) is 7.92. The number of rotatable bonds is 4. The monoisotopic (exact) mass is 393 g/mol. The van der Waals surface area contributed by atoms with Crippen molar-refractivity contribution in [3.05, 3.63) is 42.6 Å². The molecular weight excluding hydrogens is 370 g/mol. The van der Waals surface area contributed by atoms with Gasteiger partial charge in [-0.1, -0.05) is 19.9 Å². The number of imidazole rings is 1. The zero-order valence-electron chi connectivity index (χ0n) is 16.9. The Morgan fingerprint density at radius 3 is 2.62 bits per heavy atom. The van der Waals surface area contributed by atoms with Crippen LogP contribution in [0.5, 0.6) is 0 Å². The molecule has 3 aromatic rings. The summed E-state index contributed by atoms with van der Waals surface area (Å²) in [6.07, 6.45) is 5.95. The lowest BCUT2D eigenvalue weighted by atomic mass is 9.92. The molecule has 9 nitrogen and oxygen atoms in total. The smallest absolute Gasteiger partial charge is 0.274 e. The Hall–Kier alpha value is -3.49. The molecule has 0 atom stereocenters. The standard InChI is InChI=1S/C20H23N7O2/c1-20(2)8-9-27(19(20)29)17-16(11-26(4)24-17)23-18(28)14-7-5-6-13(22-14)15-10-25(3)12-21-15/h5-7,10-12H,8-9H2,1-4H3,(H,23,28). The molecular formula is C20H23N7O2. The number of carbonyl (C=O) groups is 2. The molecule has 1 aliphatic heterocycles. The maximum atomic E-state index is 12.8. The van der Waals surface area contributed by atoms with Gasteiger partial charge in [-0.3, -0.25) is 19.2 Å². The minimum atomic E-state index is -0.433. The number of hydrogen-bond donors (Lipinski definition) is 1. The van der Waals surface area contributed by atoms with Gasteiger partial charge in [-0.05, 0) is 18.6 Å². The average Bonchev–Trinajstić information content (AvgIpc) is 3.34. The molecule has 29 heavy (non-hydrogen) atoms. The molecule has 1 aliphatic rings. The van der Waals surface area contributed by atoms with Crippen molar-refractivity contribution in [2.45, 2.75) is 20.3 Å². The molecule has 0 radical (unpaired) electrons. The summed E-state index contributed by atoms with van der Waals surface area (Å²) in [6.45, 7) is 4.41. The Morgan fingerprint density at radius 1 is 1.17 bits per heavy atom. The van der Waals surface area contributed by atoms with E-state index in [0.717, 1.165) is 6.42 Å². The topological polar surface area (TPSA) is 97.9 Å². The molecule has 1 N–H and O–H groups in total. The van der Waals surface area contributed by atoms with Crippen LogP contribution in [-0.2, 0) is 18.9 Å². The Kier molecular flexibility index (Phi) is 4.45. The SMILES string of the molecule is Cn1cnc(-c2cccc(C(=O)Nc3cn(C)nc3N3CCC(C)(C)C3=O)n2)c1. The molecule has 1 fully saturated rings. The normalized spacial score (nSPS) is 15.7. The van der Waals surface area contributed by atoms with E-state index in [1.165, 1.54) is 0 Å². The summed E-state index contributed by atoms with van der Waals surface area (Å²) in [5.74, 6) is 0.0854. The van der Waals surface area contributed by atoms with Crippen LogP contribution < -0.4 is 10.2 Å². The summed E-state index contributed by atoms with van der Waals surface area (Å²) in [5, 5.41) is 7.25. The van der Waals surface area contributed by atoms with Gasteiger partial charge < -0.3 is 9.88 Å². The van der Waals surface area contributed by atoms with Crippen LogP contribution in [0.4, 0.5) is 11.5 Å². The largest absolute Gasteiger partial charge is 0.340 e. The first-order valence-electron chi connectivity index (χ1n) is 9.37. The minimum Gasteiger partial charge on any atom is -0.340 e. The maximum absolute atomic E-state index is 12.8. The molecule has 0 aliphatic carbocycles. The third-order valence-electron chi connectivity index (χ3n) is 5.05. The van der Waals surface area contributed by atoms with E-state index in [9.17, 15) is 9.59 Å². The highest BCUT2D eigenvalue weighted by Crippen LogP contribution is 2.36. The van der Waals surface area contributed by atoms with E-state index in [0.29, 0.717) is 29.4 Å². The lowest BCUT2D eigenvalue weighted by Gasteiger charge is -2.18. The Labute approximate surface area is 168 Å². The van der Waals surface area contributed by atoms with E-state index in [1.54, 1.807) is 47.4 Å². The van der Waals surface area contributed by atoms with Gasteiger partial charge in [0.1, 0.15) is 17.1 Å². The number of aryl methyl sites for hydroxylation is 2. The molecule has 0 spiro atoms. The minimum absolute atomic E-state index is 0.00183. The van der Waals surface area contributed by atoms with Crippen LogP contribution in [-0.4, -0.2) is 42.7 Å². The van der Waals surface area contributed by atoms with Gasteiger partial charge in [0, 0.05) is 32.3 Å². The second-order valence-corrected chi connectivity index (χ2v) is 7.92. The van der Waals surface area contributed by atoms with Crippen molar-refractivity contribution >= 4 is 23.3 Å². The molecule has 1 saturated heterocycles. The van der Waals surface area contributed by atoms with Gasteiger partial charge in [0.2, 0.25) is 5.91 Å². The van der Waals surface area contributed by atoms with Crippen molar-refractivity contribution in [2.75, 3.05) is 16.8 Å². The molecule has 9 heteroatoms. The first kappa shape index (κ1) is 18.9. The van der Waals surface area contributed by atoms with E-state index in [4.69, 9.17) is 0 Å². The predicted octanol–water partition coefficient (Wildman–Crippen LogP) is 2.23. The molecule has 0 unspecified atom stereocenters. The fraction of sp³-hybridized carbons (Fsp3) is 0.350.